The molecule has 1 aromatic carbocycles. The smallest absolute Gasteiger partial charge is 0.0668 e. The molecule has 0 N–H and O–H groups in total. The zero-order chi connectivity index (χ0) is 11.7. The maximum absolute atomic E-state index is 9.75. The molecule has 0 aliphatic carbocycles. The summed E-state index contributed by atoms with van der Waals surface area (Å²) in [5.74, 6) is -1.09. The zero-order valence-electron chi connectivity index (χ0n) is 9.07. The Morgan fingerprint density at radius 1 is 1.33 bits per heavy atom. The molecule has 0 aromatic heterocycles. The standard InChI is InChI=1S/C8H8.C5H8O2/c1-2-8-6-4-3-5-7-8;1-3-4(2)5(6)7/h2-7H,1H2;3H,1-2H3,(H,6,7)/p-1/b;4-3+. The first kappa shape index (κ1) is 13.2. The molecule has 0 heterocycles. The van der Waals surface area contributed by atoms with Gasteiger partial charge in [0.1, 0.15) is 0 Å². The highest BCUT2D eigenvalue weighted by Crippen LogP contribution is 1.97. The maximum Gasteiger partial charge on any atom is 0.0668 e. The second-order valence-corrected chi connectivity index (χ2v) is 2.87. The molecule has 0 fully saturated rings. The summed E-state index contributed by atoms with van der Waals surface area (Å²) in [5, 5.41) is 9.75. The van der Waals surface area contributed by atoms with Gasteiger partial charge in [0, 0.05) is 0 Å². The fraction of sp³-hybridized carbons (Fsp3) is 0.154. The Bertz CT molecular complexity index is 337. The number of carbonyl (C=O) groups excluding carboxylic acids is 1. The Labute approximate surface area is 90.6 Å². The SMILES string of the molecule is C/C=C(\C)C(=O)[O-].C=Cc1ccccc1. The van der Waals surface area contributed by atoms with Crippen LogP contribution in [0.4, 0.5) is 0 Å². The number of rotatable bonds is 2. The summed E-state index contributed by atoms with van der Waals surface area (Å²) < 4.78 is 0. The summed E-state index contributed by atoms with van der Waals surface area (Å²) >= 11 is 0. The van der Waals surface area contributed by atoms with Crippen molar-refractivity contribution in [2.24, 2.45) is 0 Å². The molecule has 1 rings (SSSR count). The molecule has 80 valence electrons. The molecule has 0 radical (unpaired) electrons. The molecule has 2 nitrogen and oxygen atoms in total. The summed E-state index contributed by atoms with van der Waals surface area (Å²) in [6.45, 7) is 6.78. The number of carboxylic acid groups (broad SMARTS) is 1. The highest BCUT2D eigenvalue weighted by molar-refractivity contribution is 5.83. The third kappa shape index (κ3) is 6.27. The fourth-order valence-corrected chi connectivity index (χ4v) is 0.707. The van der Waals surface area contributed by atoms with Crippen molar-refractivity contribution in [3.8, 4) is 0 Å². The minimum absolute atomic E-state index is 0.278. The third-order valence-electron chi connectivity index (χ3n) is 1.79. The van der Waals surface area contributed by atoms with Crippen LogP contribution in [-0.2, 0) is 4.79 Å². The molecule has 0 amide bonds. The highest BCUT2D eigenvalue weighted by Gasteiger charge is 1.80. The van der Waals surface area contributed by atoms with Crippen LogP contribution in [0.3, 0.4) is 0 Å². The molecule has 0 aliphatic rings. The number of allylic oxidation sites excluding steroid dienone is 1. The van der Waals surface area contributed by atoms with Crippen LogP contribution in [0.2, 0.25) is 0 Å². The minimum Gasteiger partial charge on any atom is -0.545 e. The average molecular weight is 203 g/mol. The van der Waals surface area contributed by atoms with Crippen LogP contribution in [0.25, 0.3) is 6.08 Å². The van der Waals surface area contributed by atoms with E-state index in [0.717, 1.165) is 0 Å². The fourth-order valence-electron chi connectivity index (χ4n) is 0.707. The predicted octanol–water partition coefficient (Wildman–Crippen LogP) is 2.03. The van der Waals surface area contributed by atoms with Gasteiger partial charge in [-0.3, -0.25) is 0 Å². The number of benzene rings is 1. The molecule has 0 unspecified atom stereocenters. The Morgan fingerprint density at radius 2 is 1.87 bits per heavy atom. The molecule has 0 saturated heterocycles. The van der Waals surface area contributed by atoms with E-state index in [1.54, 1.807) is 6.92 Å². The second-order valence-electron chi connectivity index (χ2n) is 2.87. The van der Waals surface area contributed by atoms with Gasteiger partial charge in [0.2, 0.25) is 0 Å². The van der Waals surface area contributed by atoms with Crippen molar-refractivity contribution in [3.05, 3.63) is 54.1 Å². The van der Waals surface area contributed by atoms with E-state index in [4.69, 9.17) is 0 Å². The van der Waals surface area contributed by atoms with Gasteiger partial charge in [0.25, 0.3) is 0 Å². The molecule has 0 spiro atoms. The Hall–Kier alpha value is -1.83. The molecular weight excluding hydrogens is 188 g/mol. The van der Waals surface area contributed by atoms with Gasteiger partial charge in [-0.1, -0.05) is 49.1 Å². The van der Waals surface area contributed by atoms with Crippen molar-refractivity contribution in [2.45, 2.75) is 13.8 Å². The monoisotopic (exact) mass is 203 g/mol. The van der Waals surface area contributed by atoms with Gasteiger partial charge in [-0.05, 0) is 25.0 Å². The number of carbonyl (C=O) groups is 1. The van der Waals surface area contributed by atoms with Crippen molar-refractivity contribution in [3.63, 3.8) is 0 Å². The molecule has 15 heavy (non-hydrogen) atoms. The predicted molar refractivity (Wildman–Crippen MR) is 61.0 cm³/mol. The van der Waals surface area contributed by atoms with Gasteiger partial charge in [-0.15, -0.1) is 0 Å². The van der Waals surface area contributed by atoms with E-state index >= 15 is 0 Å². The summed E-state index contributed by atoms with van der Waals surface area (Å²) in [5.41, 5.74) is 1.45. The van der Waals surface area contributed by atoms with E-state index in [9.17, 15) is 9.90 Å². The lowest BCUT2D eigenvalue weighted by Gasteiger charge is -1.96. The summed E-state index contributed by atoms with van der Waals surface area (Å²) in [6, 6.07) is 10.0. The number of carboxylic acids is 1. The van der Waals surface area contributed by atoms with Crippen molar-refractivity contribution < 1.29 is 9.90 Å². The van der Waals surface area contributed by atoms with Gasteiger partial charge in [0.05, 0.1) is 5.97 Å². The molecule has 0 atom stereocenters. The number of hydrogen-bond acceptors (Lipinski definition) is 2. The molecule has 0 bridgehead atoms. The molecular formula is C13H15O2-. The van der Waals surface area contributed by atoms with E-state index in [1.165, 1.54) is 18.6 Å². The van der Waals surface area contributed by atoms with Gasteiger partial charge >= 0.3 is 0 Å². The molecule has 0 aliphatic heterocycles. The van der Waals surface area contributed by atoms with E-state index in [1.807, 2.05) is 36.4 Å². The van der Waals surface area contributed by atoms with Crippen LogP contribution in [0, 0.1) is 0 Å². The van der Waals surface area contributed by atoms with E-state index in [-0.39, 0.29) is 5.57 Å². The quantitative estimate of drug-likeness (QED) is 0.690. The van der Waals surface area contributed by atoms with Crippen LogP contribution < -0.4 is 5.11 Å². The Kier molecular flexibility index (Phi) is 6.64. The van der Waals surface area contributed by atoms with E-state index < -0.39 is 5.97 Å². The maximum atomic E-state index is 9.75. The first-order valence-corrected chi connectivity index (χ1v) is 4.63. The lowest BCUT2D eigenvalue weighted by Crippen LogP contribution is -2.22. The number of hydrogen-bond donors (Lipinski definition) is 0. The summed E-state index contributed by atoms with van der Waals surface area (Å²) in [6.07, 6.45) is 3.33. The Morgan fingerprint density at radius 3 is 2.07 bits per heavy atom. The largest absolute Gasteiger partial charge is 0.545 e. The van der Waals surface area contributed by atoms with Crippen LogP contribution >= 0.6 is 0 Å². The molecule has 2 heteroatoms. The van der Waals surface area contributed by atoms with Gasteiger partial charge in [0.15, 0.2) is 0 Å². The first-order valence-electron chi connectivity index (χ1n) is 4.63. The van der Waals surface area contributed by atoms with Crippen LogP contribution in [0.15, 0.2) is 48.6 Å². The van der Waals surface area contributed by atoms with Crippen LogP contribution in [-0.4, -0.2) is 5.97 Å². The van der Waals surface area contributed by atoms with E-state index in [0.29, 0.717) is 0 Å². The average Bonchev–Trinajstić information content (AvgIpc) is 2.29. The molecule has 0 saturated carbocycles. The van der Waals surface area contributed by atoms with Crippen molar-refractivity contribution in [2.75, 3.05) is 0 Å². The summed E-state index contributed by atoms with van der Waals surface area (Å²) in [7, 11) is 0. The van der Waals surface area contributed by atoms with Gasteiger partial charge in [-0.25, -0.2) is 0 Å². The lowest BCUT2D eigenvalue weighted by atomic mass is 10.2. The zero-order valence-corrected chi connectivity index (χ0v) is 9.07. The third-order valence-corrected chi connectivity index (χ3v) is 1.79. The van der Waals surface area contributed by atoms with Gasteiger partial charge in [-0.2, -0.15) is 0 Å². The van der Waals surface area contributed by atoms with E-state index in [2.05, 4.69) is 6.58 Å². The molecule has 1 aromatic rings. The highest BCUT2D eigenvalue weighted by atomic mass is 16.4. The Balaban J connectivity index is 0.000000265. The van der Waals surface area contributed by atoms with Gasteiger partial charge < -0.3 is 9.90 Å². The summed E-state index contributed by atoms with van der Waals surface area (Å²) in [4.78, 5) is 9.75. The van der Waals surface area contributed by atoms with Crippen molar-refractivity contribution in [1.29, 1.82) is 0 Å². The van der Waals surface area contributed by atoms with Crippen LogP contribution in [0.1, 0.15) is 19.4 Å². The lowest BCUT2D eigenvalue weighted by molar-refractivity contribution is -0.299. The van der Waals surface area contributed by atoms with Crippen molar-refractivity contribution in [1.82, 2.24) is 0 Å². The number of aliphatic carboxylic acids is 1. The first-order chi connectivity index (χ1) is 7.11. The topological polar surface area (TPSA) is 40.1 Å². The van der Waals surface area contributed by atoms with Crippen LogP contribution in [0.5, 0.6) is 0 Å². The minimum atomic E-state index is -1.09. The van der Waals surface area contributed by atoms with Crippen molar-refractivity contribution >= 4 is 12.0 Å². The normalized spacial score (nSPS) is 9.87. The second kappa shape index (κ2) is 7.56.